The number of hydrogen-bond acceptors (Lipinski definition) is 3. The molecule has 0 bridgehead atoms. The van der Waals surface area contributed by atoms with E-state index >= 15 is 0 Å². The van der Waals surface area contributed by atoms with E-state index in [0.717, 1.165) is 19.4 Å². The lowest BCUT2D eigenvalue weighted by atomic mass is 9.61. The molecule has 1 spiro atoms. The molecule has 1 aliphatic heterocycles. The summed E-state index contributed by atoms with van der Waals surface area (Å²) in [6.45, 7) is 4.97. The number of benzene rings is 1. The third-order valence-corrected chi connectivity index (χ3v) is 6.93. The van der Waals surface area contributed by atoms with Gasteiger partial charge in [0.05, 0.1) is 11.2 Å². The quantitative estimate of drug-likeness (QED) is 0.840. The zero-order valence-electron chi connectivity index (χ0n) is 14.8. The smallest absolute Gasteiger partial charge is 0.229 e. The van der Waals surface area contributed by atoms with Gasteiger partial charge in [-0.2, -0.15) is 0 Å². The van der Waals surface area contributed by atoms with Crippen LogP contribution in [0.15, 0.2) is 30.3 Å². The lowest BCUT2D eigenvalue weighted by Crippen LogP contribution is -2.44. The highest BCUT2D eigenvalue weighted by atomic mass is 32.2. The van der Waals surface area contributed by atoms with Gasteiger partial charge in [-0.25, -0.2) is 8.42 Å². The summed E-state index contributed by atoms with van der Waals surface area (Å²) in [4.78, 5) is 14.9. The Balaban J connectivity index is 1.83. The maximum absolute atomic E-state index is 13.0. The Hall–Kier alpha value is -1.36. The van der Waals surface area contributed by atoms with Crippen LogP contribution in [0.1, 0.15) is 44.6 Å². The van der Waals surface area contributed by atoms with Crippen LogP contribution < -0.4 is 0 Å². The molecule has 1 unspecified atom stereocenters. The third-order valence-electron chi connectivity index (χ3n) is 5.69. The minimum Gasteiger partial charge on any atom is -0.341 e. The van der Waals surface area contributed by atoms with Gasteiger partial charge in [-0.05, 0) is 23.8 Å². The summed E-state index contributed by atoms with van der Waals surface area (Å²) in [5.74, 6) is 0.237. The van der Waals surface area contributed by atoms with E-state index in [0.29, 0.717) is 12.5 Å². The third kappa shape index (κ3) is 3.23. The first-order valence-corrected chi connectivity index (χ1v) is 10.7. The van der Waals surface area contributed by atoms with Gasteiger partial charge < -0.3 is 4.90 Å². The largest absolute Gasteiger partial charge is 0.341 e. The van der Waals surface area contributed by atoms with Crippen LogP contribution in [-0.4, -0.2) is 44.3 Å². The van der Waals surface area contributed by atoms with Crippen molar-refractivity contribution >= 4 is 15.7 Å². The summed E-state index contributed by atoms with van der Waals surface area (Å²) in [7, 11) is -3.19. The molecule has 4 nitrogen and oxygen atoms in total. The summed E-state index contributed by atoms with van der Waals surface area (Å²) in [5, 5.41) is 0. The van der Waals surface area contributed by atoms with Gasteiger partial charge in [0.1, 0.15) is 9.84 Å². The second-order valence-corrected chi connectivity index (χ2v) is 10.5. The summed E-state index contributed by atoms with van der Waals surface area (Å²) in [6, 6.07) is 10.4. The normalized spacial score (nSPS) is 23.3. The monoisotopic (exact) mass is 349 g/mol. The Morgan fingerprint density at radius 1 is 1.25 bits per heavy atom. The van der Waals surface area contributed by atoms with Crippen LogP contribution in [0.5, 0.6) is 0 Å². The molecule has 1 saturated carbocycles. The molecule has 1 amide bonds. The molecule has 1 aromatic rings. The minimum atomic E-state index is -3.19. The van der Waals surface area contributed by atoms with Crippen molar-refractivity contribution in [3.05, 3.63) is 35.9 Å². The number of likely N-dealkylation sites (tertiary alicyclic amines) is 1. The predicted octanol–water partition coefficient (Wildman–Crippen LogP) is 2.85. The molecule has 0 aromatic heterocycles. The highest BCUT2D eigenvalue weighted by molar-refractivity contribution is 7.90. The molecule has 0 radical (unpaired) electrons. The fourth-order valence-corrected chi connectivity index (χ4v) is 5.99. The Morgan fingerprint density at radius 3 is 2.38 bits per heavy atom. The molecule has 1 saturated heterocycles. The molecule has 5 heteroatoms. The molecule has 1 aliphatic carbocycles. The number of amides is 1. The van der Waals surface area contributed by atoms with E-state index < -0.39 is 15.3 Å². The molecule has 132 valence electrons. The van der Waals surface area contributed by atoms with Gasteiger partial charge in [0.15, 0.2) is 0 Å². The Labute approximate surface area is 145 Å². The summed E-state index contributed by atoms with van der Waals surface area (Å²) >= 11 is 0. The van der Waals surface area contributed by atoms with E-state index in [4.69, 9.17) is 0 Å². The molecule has 2 fully saturated rings. The van der Waals surface area contributed by atoms with Crippen LogP contribution in [0.4, 0.5) is 0 Å². The van der Waals surface area contributed by atoms with E-state index in [2.05, 4.69) is 24.3 Å². The van der Waals surface area contributed by atoms with Crippen molar-refractivity contribution in [3.8, 4) is 0 Å². The SMILES string of the molecule is CC(C)(CS(C)(=O)=O)C(=O)N1CC(c2ccccc2)C2(CCC2)C1. The van der Waals surface area contributed by atoms with Crippen LogP contribution >= 0.6 is 0 Å². The summed E-state index contributed by atoms with van der Waals surface area (Å²) in [6.07, 6.45) is 4.73. The van der Waals surface area contributed by atoms with Crippen molar-refractivity contribution in [2.24, 2.45) is 10.8 Å². The van der Waals surface area contributed by atoms with E-state index in [-0.39, 0.29) is 17.1 Å². The van der Waals surface area contributed by atoms with Crippen molar-refractivity contribution in [1.29, 1.82) is 0 Å². The first-order chi connectivity index (χ1) is 11.1. The standard InChI is InChI=1S/C19H27NO3S/c1-18(2,14-24(3,22)23)17(21)20-12-16(15-8-5-4-6-9-15)19(13-20)10-7-11-19/h4-6,8-9,16H,7,10-14H2,1-3H3. The van der Waals surface area contributed by atoms with Gasteiger partial charge in [-0.15, -0.1) is 0 Å². The molecular formula is C19H27NO3S. The first-order valence-electron chi connectivity index (χ1n) is 8.65. The molecular weight excluding hydrogens is 322 g/mol. The van der Waals surface area contributed by atoms with E-state index in [1.54, 1.807) is 13.8 Å². The lowest BCUT2D eigenvalue weighted by Gasteiger charge is -2.43. The molecule has 1 heterocycles. The maximum atomic E-state index is 13.0. The van der Waals surface area contributed by atoms with Gasteiger partial charge in [0.2, 0.25) is 5.91 Å². The number of nitrogens with zero attached hydrogens (tertiary/aromatic N) is 1. The highest BCUT2D eigenvalue weighted by Crippen LogP contribution is 2.56. The van der Waals surface area contributed by atoms with Crippen molar-refractivity contribution in [3.63, 3.8) is 0 Å². The van der Waals surface area contributed by atoms with Gasteiger partial charge in [-0.3, -0.25) is 4.79 Å². The first kappa shape index (κ1) is 17.5. The summed E-state index contributed by atoms with van der Waals surface area (Å²) in [5.41, 5.74) is 0.621. The van der Waals surface area contributed by atoms with Crippen LogP contribution in [-0.2, 0) is 14.6 Å². The molecule has 0 N–H and O–H groups in total. The number of carbonyl (C=O) groups is 1. The topological polar surface area (TPSA) is 54.5 Å². The van der Waals surface area contributed by atoms with Gasteiger partial charge in [0.25, 0.3) is 0 Å². The molecule has 1 aromatic carbocycles. The van der Waals surface area contributed by atoms with Gasteiger partial charge in [0, 0.05) is 25.3 Å². The van der Waals surface area contributed by atoms with Crippen molar-refractivity contribution in [1.82, 2.24) is 4.90 Å². The van der Waals surface area contributed by atoms with Crippen molar-refractivity contribution in [2.75, 3.05) is 25.1 Å². The van der Waals surface area contributed by atoms with E-state index in [1.165, 1.54) is 18.2 Å². The predicted molar refractivity (Wildman–Crippen MR) is 95.5 cm³/mol. The average molecular weight is 349 g/mol. The van der Waals surface area contributed by atoms with E-state index in [9.17, 15) is 13.2 Å². The molecule has 1 atom stereocenters. The zero-order valence-corrected chi connectivity index (χ0v) is 15.6. The molecule has 2 aliphatic rings. The van der Waals surface area contributed by atoms with Crippen molar-refractivity contribution in [2.45, 2.75) is 39.0 Å². The second-order valence-electron chi connectivity index (χ2n) is 8.32. The van der Waals surface area contributed by atoms with Gasteiger partial charge in [-0.1, -0.05) is 50.6 Å². The van der Waals surface area contributed by atoms with E-state index in [1.807, 2.05) is 11.0 Å². The Kier molecular flexibility index (Phi) is 4.27. The maximum Gasteiger partial charge on any atom is 0.229 e. The number of rotatable bonds is 4. The Morgan fingerprint density at radius 2 is 1.88 bits per heavy atom. The number of sulfone groups is 1. The molecule has 24 heavy (non-hydrogen) atoms. The Bertz CT molecular complexity index is 720. The minimum absolute atomic E-state index is 0.0300. The van der Waals surface area contributed by atoms with Crippen LogP contribution in [0, 0.1) is 10.8 Å². The number of hydrogen-bond donors (Lipinski definition) is 0. The fraction of sp³-hybridized carbons (Fsp3) is 0.632. The van der Waals surface area contributed by atoms with Crippen LogP contribution in [0.25, 0.3) is 0 Å². The second kappa shape index (κ2) is 5.87. The number of carbonyl (C=O) groups excluding carboxylic acids is 1. The fourth-order valence-electron chi connectivity index (χ4n) is 4.55. The lowest BCUT2D eigenvalue weighted by molar-refractivity contribution is -0.138. The van der Waals surface area contributed by atoms with Gasteiger partial charge >= 0.3 is 0 Å². The van der Waals surface area contributed by atoms with Crippen LogP contribution in [0.3, 0.4) is 0 Å². The highest BCUT2D eigenvalue weighted by Gasteiger charge is 2.53. The molecule has 3 rings (SSSR count). The zero-order chi connectivity index (χ0) is 17.6. The summed E-state index contributed by atoms with van der Waals surface area (Å²) < 4.78 is 23.4. The van der Waals surface area contributed by atoms with Crippen molar-refractivity contribution < 1.29 is 13.2 Å². The van der Waals surface area contributed by atoms with Crippen LogP contribution in [0.2, 0.25) is 0 Å². The average Bonchev–Trinajstić information content (AvgIpc) is 2.85.